The molecule has 150 valence electrons. The number of benzene rings is 3. The fourth-order valence-corrected chi connectivity index (χ4v) is 4.32. The first-order chi connectivity index (χ1) is 13.8. The van der Waals surface area contributed by atoms with E-state index in [0.717, 1.165) is 5.56 Å². The van der Waals surface area contributed by atoms with E-state index < -0.39 is 21.9 Å². The lowest BCUT2D eigenvalue weighted by Gasteiger charge is -2.21. The van der Waals surface area contributed by atoms with Crippen LogP contribution in [0.1, 0.15) is 22.7 Å². The van der Waals surface area contributed by atoms with Crippen molar-refractivity contribution >= 4 is 10.0 Å². The molecule has 1 unspecified atom stereocenters. The molecule has 0 aliphatic carbocycles. The van der Waals surface area contributed by atoms with E-state index in [1.165, 1.54) is 42.5 Å². The van der Waals surface area contributed by atoms with Gasteiger partial charge in [0, 0.05) is 17.2 Å². The van der Waals surface area contributed by atoms with Gasteiger partial charge in [0.1, 0.15) is 11.6 Å². The fourth-order valence-electron chi connectivity index (χ4n) is 3.12. The monoisotopic (exact) mass is 415 g/mol. The van der Waals surface area contributed by atoms with Crippen molar-refractivity contribution < 1.29 is 27.4 Å². The summed E-state index contributed by atoms with van der Waals surface area (Å²) in [4.78, 5) is 0.0321. The molecule has 0 bridgehead atoms. The molecule has 0 saturated carbocycles. The average Bonchev–Trinajstić information content (AvgIpc) is 3.14. The lowest BCUT2D eigenvalue weighted by molar-refractivity contribution is 0.174. The van der Waals surface area contributed by atoms with E-state index in [4.69, 9.17) is 9.47 Å². The summed E-state index contributed by atoms with van der Waals surface area (Å²) in [6.45, 7) is 1.83. The second-order valence-electron chi connectivity index (χ2n) is 6.65. The van der Waals surface area contributed by atoms with Gasteiger partial charge in [-0.25, -0.2) is 12.8 Å². The topological polar surface area (TPSA) is 84.9 Å². The third-order valence-corrected chi connectivity index (χ3v) is 6.09. The minimum Gasteiger partial charge on any atom is -0.507 e. The molecule has 0 amide bonds. The molecule has 0 aromatic heterocycles. The van der Waals surface area contributed by atoms with Gasteiger partial charge >= 0.3 is 0 Å². The van der Waals surface area contributed by atoms with Gasteiger partial charge in [0.25, 0.3) is 0 Å². The maximum absolute atomic E-state index is 14.6. The van der Waals surface area contributed by atoms with Crippen LogP contribution in [0.2, 0.25) is 0 Å². The summed E-state index contributed by atoms with van der Waals surface area (Å²) in [5.41, 5.74) is 1.12. The lowest BCUT2D eigenvalue weighted by atomic mass is 9.98. The van der Waals surface area contributed by atoms with E-state index in [2.05, 4.69) is 4.72 Å². The number of fused-ring (bicyclic) bond motifs is 1. The number of ether oxygens (including phenoxy) is 2. The van der Waals surface area contributed by atoms with Crippen molar-refractivity contribution in [1.82, 2.24) is 4.72 Å². The quantitative estimate of drug-likeness (QED) is 0.665. The van der Waals surface area contributed by atoms with Crippen LogP contribution in [0.15, 0.2) is 65.6 Å². The standard InChI is InChI=1S/C21H18FNO5S/c1-13-6-8-14(9-7-13)29(25,26)23-21(15-4-2-3-5-17(15)22)16-10-19-20(11-18(16)24)28-12-27-19/h2-11,21,23-24H,12H2,1H3. The molecule has 0 saturated heterocycles. The number of aryl methyl sites for hydroxylation is 1. The van der Waals surface area contributed by atoms with Crippen LogP contribution >= 0.6 is 0 Å². The van der Waals surface area contributed by atoms with Crippen LogP contribution in [0, 0.1) is 12.7 Å². The lowest BCUT2D eigenvalue weighted by Crippen LogP contribution is -2.30. The molecule has 1 aliphatic heterocycles. The molecular weight excluding hydrogens is 397 g/mol. The summed E-state index contributed by atoms with van der Waals surface area (Å²) in [6.07, 6.45) is 0. The molecule has 3 aromatic rings. The van der Waals surface area contributed by atoms with Crippen LogP contribution in [-0.2, 0) is 10.0 Å². The van der Waals surface area contributed by atoms with Crippen molar-refractivity contribution in [3.05, 3.63) is 83.2 Å². The maximum Gasteiger partial charge on any atom is 0.241 e. The second-order valence-corrected chi connectivity index (χ2v) is 8.37. The Labute approximate surface area is 167 Å². The molecule has 4 rings (SSSR count). The molecule has 0 spiro atoms. The summed E-state index contributed by atoms with van der Waals surface area (Å²) in [5.74, 6) is -0.177. The van der Waals surface area contributed by atoms with E-state index in [0.29, 0.717) is 11.5 Å². The Kier molecular flexibility index (Phi) is 4.89. The zero-order chi connectivity index (χ0) is 20.6. The van der Waals surface area contributed by atoms with Crippen LogP contribution < -0.4 is 14.2 Å². The number of aromatic hydroxyl groups is 1. The molecule has 8 heteroatoms. The largest absolute Gasteiger partial charge is 0.507 e. The zero-order valence-corrected chi connectivity index (χ0v) is 16.2. The van der Waals surface area contributed by atoms with Gasteiger partial charge < -0.3 is 14.6 Å². The third kappa shape index (κ3) is 3.76. The maximum atomic E-state index is 14.6. The molecule has 0 radical (unpaired) electrons. The summed E-state index contributed by atoms with van der Waals surface area (Å²) in [7, 11) is -4.02. The summed E-state index contributed by atoms with van der Waals surface area (Å²) in [5, 5.41) is 10.5. The Hall–Kier alpha value is -3.10. The summed E-state index contributed by atoms with van der Waals surface area (Å²) in [6, 6.07) is 13.7. The highest BCUT2D eigenvalue weighted by Crippen LogP contribution is 2.42. The highest BCUT2D eigenvalue weighted by atomic mass is 32.2. The van der Waals surface area contributed by atoms with Gasteiger partial charge in [0.05, 0.1) is 10.9 Å². The number of hydrogen-bond acceptors (Lipinski definition) is 5. The predicted molar refractivity (Wildman–Crippen MR) is 104 cm³/mol. The molecule has 3 aromatic carbocycles. The molecule has 0 fully saturated rings. The smallest absolute Gasteiger partial charge is 0.241 e. The SMILES string of the molecule is Cc1ccc(S(=O)(=O)NC(c2cc3c(cc2O)OCO3)c2ccccc2F)cc1. The first-order valence-corrected chi connectivity index (χ1v) is 10.3. The summed E-state index contributed by atoms with van der Waals surface area (Å²) < 4.78 is 53.6. The number of halogens is 1. The molecule has 1 atom stereocenters. The normalized spacial score (nSPS) is 14.0. The first kappa shape index (κ1) is 19.2. The van der Waals surface area contributed by atoms with Crippen molar-refractivity contribution in [3.63, 3.8) is 0 Å². The molecule has 29 heavy (non-hydrogen) atoms. The van der Waals surface area contributed by atoms with Gasteiger partial charge in [0.2, 0.25) is 16.8 Å². The van der Waals surface area contributed by atoms with E-state index in [9.17, 15) is 17.9 Å². The molecule has 1 heterocycles. The predicted octanol–water partition coefficient (Wildman–Crippen LogP) is 3.64. The molecular formula is C21H18FNO5S. The Balaban J connectivity index is 1.82. The van der Waals surface area contributed by atoms with Crippen LogP contribution in [0.3, 0.4) is 0 Å². The third-order valence-electron chi connectivity index (χ3n) is 4.65. The Bertz CT molecular complexity index is 1160. The van der Waals surface area contributed by atoms with E-state index in [-0.39, 0.29) is 28.6 Å². The van der Waals surface area contributed by atoms with Crippen molar-refractivity contribution in [2.45, 2.75) is 17.9 Å². The fraction of sp³-hybridized carbons (Fsp3) is 0.143. The van der Waals surface area contributed by atoms with Gasteiger partial charge in [0.15, 0.2) is 11.5 Å². The van der Waals surface area contributed by atoms with Crippen molar-refractivity contribution in [1.29, 1.82) is 0 Å². The van der Waals surface area contributed by atoms with E-state index in [1.807, 2.05) is 6.92 Å². The van der Waals surface area contributed by atoms with E-state index >= 15 is 0 Å². The Morgan fingerprint density at radius 3 is 2.34 bits per heavy atom. The number of phenols is 1. The number of sulfonamides is 1. The van der Waals surface area contributed by atoms with Gasteiger partial charge in [-0.2, -0.15) is 4.72 Å². The number of nitrogens with one attached hydrogen (secondary N) is 1. The molecule has 1 aliphatic rings. The van der Waals surface area contributed by atoms with Crippen LogP contribution in [0.4, 0.5) is 4.39 Å². The number of hydrogen-bond donors (Lipinski definition) is 2. The van der Waals surface area contributed by atoms with Crippen LogP contribution in [0.25, 0.3) is 0 Å². The second kappa shape index (κ2) is 7.38. The Morgan fingerprint density at radius 2 is 1.66 bits per heavy atom. The Morgan fingerprint density at radius 1 is 1.00 bits per heavy atom. The number of phenolic OH excluding ortho intramolecular Hbond substituents is 1. The van der Waals surface area contributed by atoms with Crippen molar-refractivity contribution in [2.24, 2.45) is 0 Å². The van der Waals surface area contributed by atoms with Gasteiger partial charge in [-0.3, -0.25) is 0 Å². The molecule has 2 N–H and O–H groups in total. The minimum atomic E-state index is -4.02. The molecule has 6 nitrogen and oxygen atoms in total. The van der Waals surface area contributed by atoms with Gasteiger partial charge in [-0.05, 0) is 31.2 Å². The average molecular weight is 415 g/mol. The highest BCUT2D eigenvalue weighted by molar-refractivity contribution is 7.89. The zero-order valence-electron chi connectivity index (χ0n) is 15.4. The number of rotatable bonds is 5. The van der Waals surface area contributed by atoms with Crippen molar-refractivity contribution in [3.8, 4) is 17.2 Å². The first-order valence-electron chi connectivity index (χ1n) is 8.81. The van der Waals surface area contributed by atoms with E-state index in [1.54, 1.807) is 18.2 Å². The van der Waals surface area contributed by atoms with Gasteiger partial charge in [-0.15, -0.1) is 0 Å². The van der Waals surface area contributed by atoms with Crippen molar-refractivity contribution in [2.75, 3.05) is 6.79 Å². The van der Waals surface area contributed by atoms with Crippen LogP contribution in [0.5, 0.6) is 17.2 Å². The minimum absolute atomic E-state index is 0.0162. The highest BCUT2D eigenvalue weighted by Gasteiger charge is 2.29. The summed E-state index contributed by atoms with van der Waals surface area (Å²) >= 11 is 0. The van der Waals surface area contributed by atoms with Crippen LogP contribution in [-0.4, -0.2) is 20.3 Å². The van der Waals surface area contributed by atoms with Gasteiger partial charge in [-0.1, -0.05) is 35.9 Å².